The van der Waals surface area contributed by atoms with Crippen LogP contribution in [-0.2, 0) is 14.3 Å². The molecule has 0 saturated carbocycles. The predicted molar refractivity (Wildman–Crippen MR) is 88.7 cm³/mol. The Balaban J connectivity index is 1.98. The molecule has 2 heterocycles. The Morgan fingerprint density at radius 3 is 2.92 bits per heavy atom. The fourth-order valence-electron chi connectivity index (χ4n) is 3.49. The molecule has 0 radical (unpaired) electrons. The van der Waals surface area contributed by atoms with Gasteiger partial charge in [0.1, 0.15) is 0 Å². The lowest BCUT2D eigenvalue weighted by atomic mass is 9.92. The second kappa shape index (κ2) is 7.74. The Morgan fingerprint density at radius 1 is 1.36 bits per heavy atom. The number of aliphatic carboxylic acids is 1. The van der Waals surface area contributed by atoms with Crippen molar-refractivity contribution in [2.24, 2.45) is 5.92 Å². The van der Waals surface area contributed by atoms with Crippen molar-refractivity contribution < 1.29 is 28.9 Å². The molecule has 7 nitrogen and oxygen atoms in total. The number of carbonyl (C=O) groups excluding carboxylic acids is 1. The quantitative estimate of drug-likeness (QED) is 0.789. The number of fused-ring (bicyclic) bond motifs is 1. The van der Waals surface area contributed by atoms with Gasteiger partial charge in [0.25, 0.3) is 0 Å². The Hall–Kier alpha value is -2.28. The first kappa shape index (κ1) is 17.5. The number of rotatable bonds is 6. The van der Waals surface area contributed by atoms with Crippen molar-refractivity contribution in [2.45, 2.75) is 25.3 Å². The molecular weight excluding hydrogens is 326 g/mol. The molecule has 136 valence electrons. The molecule has 0 unspecified atom stereocenters. The minimum absolute atomic E-state index is 0.00247. The highest BCUT2D eigenvalue weighted by Crippen LogP contribution is 2.45. The summed E-state index contributed by atoms with van der Waals surface area (Å²) in [5.41, 5.74) is 0.704. The molecule has 2 aliphatic heterocycles. The van der Waals surface area contributed by atoms with Crippen LogP contribution in [0.25, 0.3) is 0 Å². The molecule has 1 N–H and O–H groups in total. The van der Waals surface area contributed by atoms with Gasteiger partial charge in [0.2, 0.25) is 5.91 Å². The van der Waals surface area contributed by atoms with Gasteiger partial charge in [0, 0.05) is 38.7 Å². The zero-order chi connectivity index (χ0) is 17.8. The minimum atomic E-state index is -0.972. The summed E-state index contributed by atoms with van der Waals surface area (Å²) in [4.78, 5) is 25.9. The molecule has 0 aromatic heterocycles. The highest BCUT2D eigenvalue weighted by Gasteiger charge is 2.46. The number of hydrogen-bond donors (Lipinski definition) is 1. The Bertz CT molecular complexity index is 646. The predicted octanol–water partition coefficient (Wildman–Crippen LogP) is 1.86. The summed E-state index contributed by atoms with van der Waals surface area (Å²) in [6.07, 6.45) is 1.41. The van der Waals surface area contributed by atoms with Crippen molar-refractivity contribution in [1.82, 2.24) is 4.90 Å². The highest BCUT2D eigenvalue weighted by molar-refractivity contribution is 5.87. The van der Waals surface area contributed by atoms with Gasteiger partial charge in [-0.2, -0.15) is 0 Å². The van der Waals surface area contributed by atoms with Crippen LogP contribution in [0.5, 0.6) is 11.5 Å². The molecule has 25 heavy (non-hydrogen) atoms. The average Bonchev–Trinajstić information content (AvgIpc) is 2.77. The van der Waals surface area contributed by atoms with Crippen LogP contribution in [0.4, 0.5) is 0 Å². The topological polar surface area (TPSA) is 85.3 Å². The van der Waals surface area contributed by atoms with Crippen molar-refractivity contribution in [3.8, 4) is 11.5 Å². The summed E-state index contributed by atoms with van der Waals surface area (Å²) in [5, 5.41) is 9.64. The standard InChI is InChI=1S/C18H23NO6/c1-23-8-3-7-19-15(20)11-13(18(21)22)16(19)12-5-2-6-14-17(12)25-10-4-9-24-14/h2,5-6,13,16H,3-4,7-11H2,1H3,(H,21,22)/t13-,16-/m1/s1. The summed E-state index contributed by atoms with van der Waals surface area (Å²) >= 11 is 0. The fraction of sp³-hybridized carbons (Fsp3) is 0.556. The van der Waals surface area contributed by atoms with Gasteiger partial charge < -0.3 is 24.2 Å². The van der Waals surface area contributed by atoms with Gasteiger partial charge in [-0.25, -0.2) is 0 Å². The number of para-hydroxylation sites is 1. The van der Waals surface area contributed by atoms with Crippen LogP contribution in [0.3, 0.4) is 0 Å². The van der Waals surface area contributed by atoms with E-state index < -0.39 is 17.9 Å². The third-order valence-electron chi connectivity index (χ3n) is 4.62. The number of methoxy groups -OCH3 is 1. The van der Waals surface area contributed by atoms with Crippen LogP contribution in [-0.4, -0.2) is 55.4 Å². The van der Waals surface area contributed by atoms with Crippen LogP contribution in [0.2, 0.25) is 0 Å². The summed E-state index contributed by atoms with van der Waals surface area (Å²) in [5.74, 6) is -0.758. The summed E-state index contributed by atoms with van der Waals surface area (Å²) in [7, 11) is 1.60. The molecule has 0 spiro atoms. The third-order valence-corrected chi connectivity index (χ3v) is 4.62. The van der Waals surface area contributed by atoms with E-state index in [4.69, 9.17) is 14.2 Å². The number of hydrogen-bond acceptors (Lipinski definition) is 5. The maximum Gasteiger partial charge on any atom is 0.309 e. The van der Waals surface area contributed by atoms with Gasteiger partial charge in [-0.1, -0.05) is 12.1 Å². The van der Waals surface area contributed by atoms with Crippen LogP contribution >= 0.6 is 0 Å². The molecule has 1 saturated heterocycles. The number of carboxylic acid groups (broad SMARTS) is 1. The number of likely N-dealkylation sites (tertiary alicyclic amines) is 1. The van der Waals surface area contributed by atoms with Gasteiger partial charge in [0.05, 0.1) is 25.2 Å². The van der Waals surface area contributed by atoms with E-state index in [1.165, 1.54) is 0 Å². The number of carboxylic acids is 1. The molecule has 2 atom stereocenters. The largest absolute Gasteiger partial charge is 0.490 e. The lowest BCUT2D eigenvalue weighted by Gasteiger charge is -2.29. The molecule has 1 fully saturated rings. The third kappa shape index (κ3) is 3.56. The van der Waals surface area contributed by atoms with Crippen LogP contribution < -0.4 is 9.47 Å². The highest BCUT2D eigenvalue weighted by atomic mass is 16.5. The normalized spacial score (nSPS) is 22.8. The maximum absolute atomic E-state index is 12.5. The lowest BCUT2D eigenvalue weighted by molar-refractivity contribution is -0.142. The summed E-state index contributed by atoms with van der Waals surface area (Å²) in [6.45, 7) is 2.03. The number of carbonyl (C=O) groups is 2. The van der Waals surface area contributed by atoms with Crippen molar-refractivity contribution in [1.29, 1.82) is 0 Å². The first-order chi connectivity index (χ1) is 12.1. The van der Waals surface area contributed by atoms with Crippen molar-refractivity contribution >= 4 is 11.9 Å². The smallest absolute Gasteiger partial charge is 0.309 e. The number of ether oxygens (including phenoxy) is 3. The molecule has 0 aliphatic carbocycles. The van der Waals surface area contributed by atoms with E-state index >= 15 is 0 Å². The van der Waals surface area contributed by atoms with Gasteiger partial charge in [-0.15, -0.1) is 0 Å². The van der Waals surface area contributed by atoms with Crippen molar-refractivity contribution in [2.75, 3.05) is 33.5 Å². The van der Waals surface area contributed by atoms with Gasteiger partial charge in [-0.3, -0.25) is 9.59 Å². The minimum Gasteiger partial charge on any atom is -0.490 e. The molecular formula is C18H23NO6. The van der Waals surface area contributed by atoms with E-state index in [2.05, 4.69) is 0 Å². The molecule has 1 amide bonds. The summed E-state index contributed by atoms with van der Waals surface area (Å²) in [6, 6.07) is 4.90. The van der Waals surface area contributed by atoms with Gasteiger partial charge in [0.15, 0.2) is 11.5 Å². The van der Waals surface area contributed by atoms with Crippen molar-refractivity contribution in [3.05, 3.63) is 23.8 Å². The zero-order valence-corrected chi connectivity index (χ0v) is 14.3. The SMILES string of the molecule is COCCCN1C(=O)C[C@@H](C(=O)O)[C@H]1c1cccc2c1OCCCO2. The molecule has 1 aromatic rings. The molecule has 7 heteroatoms. The lowest BCUT2D eigenvalue weighted by Crippen LogP contribution is -2.32. The van der Waals surface area contributed by atoms with Gasteiger partial charge >= 0.3 is 5.97 Å². The molecule has 2 aliphatic rings. The number of benzene rings is 1. The van der Waals surface area contributed by atoms with Gasteiger partial charge in [-0.05, 0) is 12.5 Å². The van der Waals surface area contributed by atoms with Crippen molar-refractivity contribution in [3.63, 3.8) is 0 Å². The zero-order valence-electron chi connectivity index (χ0n) is 14.3. The maximum atomic E-state index is 12.5. The van der Waals surface area contributed by atoms with E-state index in [1.54, 1.807) is 12.0 Å². The molecule has 1 aromatic carbocycles. The second-order valence-corrected chi connectivity index (χ2v) is 6.25. The fourth-order valence-corrected chi connectivity index (χ4v) is 3.49. The Kier molecular flexibility index (Phi) is 5.43. The van der Waals surface area contributed by atoms with E-state index in [0.29, 0.717) is 49.8 Å². The Morgan fingerprint density at radius 2 is 2.16 bits per heavy atom. The van der Waals surface area contributed by atoms with E-state index in [9.17, 15) is 14.7 Å². The second-order valence-electron chi connectivity index (χ2n) is 6.25. The summed E-state index contributed by atoms with van der Waals surface area (Å²) < 4.78 is 16.6. The van der Waals surface area contributed by atoms with E-state index in [-0.39, 0.29) is 12.3 Å². The molecule has 3 rings (SSSR count). The average molecular weight is 349 g/mol. The van der Waals surface area contributed by atoms with E-state index in [1.807, 2.05) is 18.2 Å². The van der Waals surface area contributed by atoms with E-state index in [0.717, 1.165) is 6.42 Å². The van der Waals surface area contributed by atoms with Crippen LogP contribution in [0.1, 0.15) is 30.9 Å². The molecule has 0 bridgehead atoms. The van der Waals surface area contributed by atoms with Crippen LogP contribution in [0.15, 0.2) is 18.2 Å². The first-order valence-electron chi connectivity index (χ1n) is 8.53. The number of nitrogens with zero attached hydrogens (tertiary/aromatic N) is 1. The van der Waals surface area contributed by atoms with Crippen LogP contribution in [0, 0.1) is 5.92 Å². The first-order valence-corrected chi connectivity index (χ1v) is 8.53. The Labute approximate surface area is 146 Å². The number of amides is 1. The monoisotopic (exact) mass is 349 g/mol.